The molecule has 3 aliphatic carbocycles. The molecule has 0 spiro atoms. The summed E-state index contributed by atoms with van der Waals surface area (Å²) in [5, 5.41) is 0. The highest BCUT2D eigenvalue weighted by Crippen LogP contribution is 2.67. The van der Waals surface area contributed by atoms with E-state index in [-0.39, 0.29) is 10.8 Å². The smallest absolute Gasteiger partial charge is 0.145 e. The van der Waals surface area contributed by atoms with Crippen molar-refractivity contribution >= 4 is 5.78 Å². The Kier molecular flexibility index (Phi) is 1.84. The summed E-state index contributed by atoms with van der Waals surface area (Å²) < 4.78 is 0. The van der Waals surface area contributed by atoms with Crippen molar-refractivity contribution in [1.82, 2.24) is 0 Å². The molecule has 1 aromatic rings. The van der Waals surface area contributed by atoms with E-state index < -0.39 is 0 Å². The Morgan fingerprint density at radius 3 is 2.94 bits per heavy atom. The van der Waals surface area contributed by atoms with Gasteiger partial charge in [0.25, 0.3) is 0 Å². The molecule has 1 aromatic carbocycles. The van der Waals surface area contributed by atoms with Gasteiger partial charge < -0.3 is 0 Å². The lowest BCUT2D eigenvalue weighted by molar-refractivity contribution is -0.155. The standard InChI is InChI=1S/C17H18O/c1-12-5-4-9-16-10-8-13-6-2-3-7-14(13)17(12,16)15(18)11-16/h2-7,12H,8-11H2,1H3/t12-,16+,17-/m0/s1. The van der Waals surface area contributed by atoms with Crippen molar-refractivity contribution < 1.29 is 4.79 Å². The highest BCUT2D eigenvalue weighted by atomic mass is 16.1. The molecule has 0 amide bonds. The molecule has 0 radical (unpaired) electrons. The number of fused-ring (bicyclic) bond motifs is 1. The van der Waals surface area contributed by atoms with Gasteiger partial charge in [0.05, 0.1) is 5.41 Å². The van der Waals surface area contributed by atoms with Crippen LogP contribution in [0.1, 0.15) is 37.3 Å². The molecule has 4 rings (SSSR count). The van der Waals surface area contributed by atoms with Gasteiger partial charge in [-0.15, -0.1) is 0 Å². The van der Waals surface area contributed by atoms with E-state index in [1.807, 2.05) is 0 Å². The number of rotatable bonds is 0. The molecule has 0 N–H and O–H groups in total. The fourth-order valence-corrected chi connectivity index (χ4v) is 4.95. The zero-order chi connectivity index (χ0) is 12.4. The van der Waals surface area contributed by atoms with Crippen LogP contribution in [0, 0.1) is 11.3 Å². The third-order valence-electron chi connectivity index (χ3n) is 5.71. The van der Waals surface area contributed by atoms with Gasteiger partial charge in [0.1, 0.15) is 5.78 Å². The van der Waals surface area contributed by atoms with E-state index in [1.165, 1.54) is 17.5 Å². The largest absolute Gasteiger partial charge is 0.299 e. The van der Waals surface area contributed by atoms with Gasteiger partial charge >= 0.3 is 0 Å². The lowest BCUT2D eigenvalue weighted by Crippen LogP contribution is -2.68. The van der Waals surface area contributed by atoms with E-state index in [9.17, 15) is 4.79 Å². The van der Waals surface area contributed by atoms with Crippen LogP contribution < -0.4 is 0 Å². The van der Waals surface area contributed by atoms with E-state index in [0.717, 1.165) is 19.3 Å². The summed E-state index contributed by atoms with van der Waals surface area (Å²) in [6, 6.07) is 8.62. The molecule has 0 bridgehead atoms. The van der Waals surface area contributed by atoms with Crippen LogP contribution in [0.5, 0.6) is 0 Å². The monoisotopic (exact) mass is 238 g/mol. The number of hydrogen-bond acceptors (Lipinski definition) is 1. The first-order valence-corrected chi connectivity index (χ1v) is 6.99. The van der Waals surface area contributed by atoms with E-state index in [4.69, 9.17) is 0 Å². The summed E-state index contributed by atoms with van der Waals surface area (Å²) in [7, 11) is 0. The van der Waals surface area contributed by atoms with Gasteiger partial charge in [-0.3, -0.25) is 4.79 Å². The number of carbonyl (C=O) groups excluding carboxylic acids is 1. The van der Waals surface area contributed by atoms with Gasteiger partial charge in [-0.1, -0.05) is 43.3 Å². The Bertz CT molecular complexity index is 571. The van der Waals surface area contributed by atoms with E-state index in [0.29, 0.717) is 11.7 Å². The number of benzene rings is 1. The van der Waals surface area contributed by atoms with E-state index in [1.54, 1.807) is 0 Å². The molecule has 1 saturated carbocycles. The van der Waals surface area contributed by atoms with Gasteiger partial charge in [-0.05, 0) is 41.7 Å². The zero-order valence-corrected chi connectivity index (χ0v) is 10.8. The van der Waals surface area contributed by atoms with Crippen molar-refractivity contribution in [3.63, 3.8) is 0 Å². The number of hydrogen-bond donors (Lipinski definition) is 0. The van der Waals surface area contributed by atoms with Gasteiger partial charge in [0, 0.05) is 6.42 Å². The molecule has 0 aliphatic heterocycles. The molecule has 92 valence electrons. The van der Waals surface area contributed by atoms with E-state index >= 15 is 0 Å². The Morgan fingerprint density at radius 1 is 1.28 bits per heavy atom. The molecule has 0 heterocycles. The lowest BCUT2D eigenvalue weighted by Gasteiger charge is -2.64. The lowest BCUT2D eigenvalue weighted by atomic mass is 9.36. The molecule has 0 aromatic heterocycles. The second-order valence-electron chi connectivity index (χ2n) is 6.27. The van der Waals surface area contributed by atoms with Crippen molar-refractivity contribution in [3.05, 3.63) is 47.5 Å². The molecule has 0 unspecified atom stereocenters. The highest BCUT2D eigenvalue weighted by molar-refractivity contribution is 6.00. The van der Waals surface area contributed by atoms with Crippen LogP contribution in [0.25, 0.3) is 0 Å². The Hall–Kier alpha value is -1.37. The van der Waals surface area contributed by atoms with E-state index in [2.05, 4.69) is 43.3 Å². The van der Waals surface area contributed by atoms with Crippen LogP contribution in [-0.2, 0) is 16.6 Å². The van der Waals surface area contributed by atoms with Gasteiger partial charge in [-0.2, -0.15) is 0 Å². The third-order valence-corrected chi connectivity index (χ3v) is 5.71. The SMILES string of the molecule is C[C@H]1C=CC[C@]23CCc4ccccc4[C@]12C(=O)C3. The quantitative estimate of drug-likeness (QED) is 0.633. The third kappa shape index (κ3) is 0.911. The van der Waals surface area contributed by atoms with Crippen molar-refractivity contribution in [2.45, 2.75) is 38.0 Å². The Balaban J connectivity index is 2.03. The average molecular weight is 238 g/mol. The number of Topliss-reactive ketones (excluding diaryl/α,β-unsaturated/α-hetero) is 1. The minimum atomic E-state index is -0.184. The fourth-order valence-electron chi connectivity index (χ4n) is 4.95. The number of ketones is 1. The Labute approximate surface area is 108 Å². The minimum absolute atomic E-state index is 0.184. The van der Waals surface area contributed by atoms with Crippen LogP contribution in [-0.4, -0.2) is 5.78 Å². The predicted molar refractivity (Wildman–Crippen MR) is 71.4 cm³/mol. The summed E-state index contributed by atoms with van der Waals surface area (Å²) in [5.74, 6) is 0.834. The first kappa shape index (κ1) is 10.5. The second kappa shape index (κ2) is 3.14. The predicted octanol–water partition coefficient (Wildman–Crippen LogP) is 3.43. The highest BCUT2D eigenvalue weighted by Gasteiger charge is 2.69. The van der Waals surface area contributed by atoms with Gasteiger partial charge in [0.15, 0.2) is 0 Å². The molecule has 18 heavy (non-hydrogen) atoms. The van der Waals surface area contributed by atoms with Crippen molar-refractivity contribution in [2.75, 3.05) is 0 Å². The van der Waals surface area contributed by atoms with Crippen molar-refractivity contribution in [3.8, 4) is 0 Å². The van der Waals surface area contributed by atoms with Crippen LogP contribution in [0.4, 0.5) is 0 Å². The molecular formula is C17H18O. The Morgan fingerprint density at radius 2 is 2.11 bits per heavy atom. The zero-order valence-electron chi connectivity index (χ0n) is 10.8. The number of carbonyl (C=O) groups is 1. The second-order valence-corrected chi connectivity index (χ2v) is 6.27. The summed E-state index contributed by atoms with van der Waals surface area (Å²) in [4.78, 5) is 12.6. The fraction of sp³-hybridized carbons (Fsp3) is 0.471. The summed E-state index contributed by atoms with van der Waals surface area (Å²) in [6.07, 6.45) is 8.80. The topological polar surface area (TPSA) is 17.1 Å². The molecule has 1 fully saturated rings. The van der Waals surface area contributed by atoms with Crippen LogP contribution in [0.2, 0.25) is 0 Å². The average Bonchev–Trinajstić information content (AvgIpc) is 2.36. The summed E-state index contributed by atoms with van der Waals surface area (Å²) >= 11 is 0. The normalized spacial score (nSPS) is 40.5. The van der Waals surface area contributed by atoms with Crippen molar-refractivity contribution in [1.29, 1.82) is 0 Å². The molecule has 3 aliphatic rings. The summed E-state index contributed by atoms with van der Waals surface area (Å²) in [5.41, 5.74) is 2.80. The first-order valence-electron chi connectivity index (χ1n) is 6.99. The maximum absolute atomic E-state index is 12.6. The van der Waals surface area contributed by atoms with Crippen LogP contribution >= 0.6 is 0 Å². The minimum Gasteiger partial charge on any atom is -0.299 e. The van der Waals surface area contributed by atoms with Crippen molar-refractivity contribution in [2.24, 2.45) is 11.3 Å². The summed E-state index contributed by atoms with van der Waals surface area (Å²) in [6.45, 7) is 2.23. The first-order chi connectivity index (χ1) is 8.71. The van der Waals surface area contributed by atoms with Crippen LogP contribution in [0.15, 0.2) is 36.4 Å². The number of aryl methyl sites for hydroxylation is 1. The maximum Gasteiger partial charge on any atom is 0.145 e. The van der Waals surface area contributed by atoms with Gasteiger partial charge in [-0.25, -0.2) is 0 Å². The molecule has 1 heteroatoms. The van der Waals surface area contributed by atoms with Crippen LogP contribution in [0.3, 0.4) is 0 Å². The van der Waals surface area contributed by atoms with Gasteiger partial charge in [0.2, 0.25) is 0 Å². The number of allylic oxidation sites excluding steroid dienone is 2. The molecule has 3 atom stereocenters. The maximum atomic E-state index is 12.6. The molecule has 0 saturated heterocycles. The molecular weight excluding hydrogens is 220 g/mol. The molecule has 1 nitrogen and oxygen atoms in total.